The van der Waals surface area contributed by atoms with E-state index in [0.29, 0.717) is 35.0 Å². The van der Waals surface area contributed by atoms with E-state index in [0.717, 1.165) is 33.6 Å². The molecule has 0 saturated heterocycles. The normalized spacial score (nSPS) is 11.9. The van der Waals surface area contributed by atoms with Crippen LogP contribution in [0.1, 0.15) is 22.8 Å². The van der Waals surface area contributed by atoms with E-state index < -0.39 is 0 Å². The van der Waals surface area contributed by atoms with E-state index in [9.17, 15) is 0 Å². The third-order valence-corrected chi connectivity index (χ3v) is 6.59. The second-order valence-electron chi connectivity index (χ2n) is 8.49. The summed E-state index contributed by atoms with van der Waals surface area (Å²) in [7, 11) is 1.62. The number of rotatable bonds is 10. The lowest BCUT2D eigenvalue weighted by atomic mass is 10.0. The molecule has 0 aliphatic carbocycles. The van der Waals surface area contributed by atoms with Gasteiger partial charge >= 0.3 is 0 Å². The fourth-order valence-corrected chi connectivity index (χ4v) is 4.56. The van der Waals surface area contributed by atoms with Crippen molar-refractivity contribution in [3.05, 3.63) is 113 Å². The lowest BCUT2D eigenvalue weighted by Crippen LogP contribution is -2.12. The molecule has 5 aromatic rings. The first-order chi connectivity index (χ1) is 18.5. The van der Waals surface area contributed by atoms with Gasteiger partial charge in [0.25, 0.3) is 0 Å². The maximum absolute atomic E-state index is 6.53. The largest absolute Gasteiger partial charge is 0.497 e. The highest BCUT2D eigenvalue weighted by Crippen LogP contribution is 2.32. The second kappa shape index (κ2) is 11.6. The van der Waals surface area contributed by atoms with Crippen LogP contribution in [-0.2, 0) is 17.9 Å². The number of nitrogens with zero attached hydrogens (tertiary/aromatic N) is 4. The van der Waals surface area contributed by atoms with E-state index >= 15 is 0 Å². The Morgan fingerprint density at radius 1 is 1.03 bits per heavy atom. The molecule has 1 unspecified atom stereocenters. The Balaban J connectivity index is 1.39. The summed E-state index contributed by atoms with van der Waals surface area (Å²) in [4.78, 5) is 4.13. The molecule has 38 heavy (non-hydrogen) atoms. The predicted octanol–water partition coefficient (Wildman–Crippen LogP) is 7.52. The number of hydrogen-bond donors (Lipinski definition) is 0. The summed E-state index contributed by atoms with van der Waals surface area (Å²) in [5.74, 6) is 1.56. The summed E-state index contributed by atoms with van der Waals surface area (Å²) < 4.78 is 19.6. The molecule has 0 radical (unpaired) electrons. The van der Waals surface area contributed by atoms with Crippen LogP contribution < -0.4 is 4.74 Å². The van der Waals surface area contributed by atoms with Gasteiger partial charge in [0.1, 0.15) is 11.9 Å². The molecular formula is C29H24Cl2N4O3. The molecule has 0 aliphatic rings. The summed E-state index contributed by atoms with van der Waals surface area (Å²) in [6, 6.07) is 18.8. The Morgan fingerprint density at radius 2 is 1.84 bits per heavy atom. The third kappa shape index (κ3) is 5.81. The average Bonchev–Trinajstić information content (AvgIpc) is 3.64. The van der Waals surface area contributed by atoms with Crippen molar-refractivity contribution in [1.29, 1.82) is 0 Å². The van der Waals surface area contributed by atoms with Gasteiger partial charge in [-0.15, -0.1) is 10.2 Å². The number of halogens is 2. The number of hydrogen-bond acceptors (Lipinski definition) is 6. The molecule has 0 aliphatic heterocycles. The molecule has 0 spiro atoms. The molecule has 7 nitrogen and oxygen atoms in total. The Kier molecular flexibility index (Phi) is 7.89. The van der Waals surface area contributed by atoms with Crippen LogP contribution in [0.5, 0.6) is 5.75 Å². The van der Waals surface area contributed by atoms with Gasteiger partial charge in [0, 0.05) is 39.1 Å². The van der Waals surface area contributed by atoms with Crippen LogP contribution >= 0.6 is 23.2 Å². The fourth-order valence-electron chi connectivity index (χ4n) is 4.03. The molecular weight excluding hydrogens is 523 g/mol. The van der Waals surface area contributed by atoms with Gasteiger partial charge in [0.15, 0.2) is 0 Å². The third-order valence-electron chi connectivity index (χ3n) is 6.03. The lowest BCUT2D eigenvalue weighted by molar-refractivity contribution is 0.0280. The van der Waals surface area contributed by atoms with Gasteiger partial charge in [-0.1, -0.05) is 54.1 Å². The Hall–Kier alpha value is -3.91. The van der Waals surface area contributed by atoms with Crippen molar-refractivity contribution >= 4 is 29.3 Å². The van der Waals surface area contributed by atoms with E-state index in [1.807, 2.05) is 59.3 Å². The van der Waals surface area contributed by atoms with Crippen LogP contribution in [0, 0.1) is 0 Å². The van der Waals surface area contributed by atoms with Crippen molar-refractivity contribution in [2.24, 2.45) is 0 Å². The number of ether oxygens (including phenoxy) is 2. The molecule has 5 rings (SSSR count). The molecule has 9 heteroatoms. The minimum Gasteiger partial charge on any atom is -0.497 e. The number of methoxy groups -OCH3 is 1. The first kappa shape index (κ1) is 25.7. The zero-order valence-corrected chi connectivity index (χ0v) is 22.1. The molecule has 2 heterocycles. The second-order valence-corrected chi connectivity index (χ2v) is 9.34. The highest BCUT2D eigenvalue weighted by molar-refractivity contribution is 6.35. The van der Waals surface area contributed by atoms with Crippen molar-refractivity contribution < 1.29 is 13.9 Å². The molecule has 1 atom stereocenters. The first-order valence-corrected chi connectivity index (χ1v) is 12.6. The molecule has 192 valence electrons. The zero-order chi connectivity index (χ0) is 26.5. The van der Waals surface area contributed by atoms with Gasteiger partial charge in [-0.2, -0.15) is 0 Å². The number of imidazole rings is 1. The van der Waals surface area contributed by atoms with Crippen LogP contribution in [0.2, 0.25) is 10.0 Å². The van der Waals surface area contributed by atoms with Gasteiger partial charge in [0.05, 0.1) is 26.6 Å². The van der Waals surface area contributed by atoms with Gasteiger partial charge in [-0.25, -0.2) is 4.98 Å². The molecule has 0 saturated carbocycles. The highest BCUT2D eigenvalue weighted by atomic mass is 35.5. The van der Waals surface area contributed by atoms with E-state index in [2.05, 4.69) is 21.8 Å². The van der Waals surface area contributed by atoms with Crippen molar-refractivity contribution in [3.8, 4) is 28.7 Å². The smallest absolute Gasteiger partial charge is 0.248 e. The minimum absolute atomic E-state index is 0.322. The maximum Gasteiger partial charge on any atom is 0.248 e. The van der Waals surface area contributed by atoms with Crippen molar-refractivity contribution in [2.75, 3.05) is 7.11 Å². The summed E-state index contributed by atoms with van der Waals surface area (Å²) >= 11 is 12.6. The molecule has 0 bridgehead atoms. The Morgan fingerprint density at radius 3 is 2.55 bits per heavy atom. The van der Waals surface area contributed by atoms with E-state index in [-0.39, 0.29) is 6.10 Å². The van der Waals surface area contributed by atoms with Crippen molar-refractivity contribution in [1.82, 2.24) is 19.7 Å². The maximum atomic E-state index is 6.53. The fraction of sp³-hybridized carbons (Fsp3) is 0.138. The lowest BCUT2D eigenvalue weighted by Gasteiger charge is -2.20. The summed E-state index contributed by atoms with van der Waals surface area (Å²) in [5.41, 5.74) is 4.20. The van der Waals surface area contributed by atoms with Crippen LogP contribution in [0.15, 0.2) is 90.4 Å². The van der Waals surface area contributed by atoms with Gasteiger partial charge in [-0.05, 0) is 53.6 Å². The van der Waals surface area contributed by atoms with Crippen molar-refractivity contribution in [2.45, 2.75) is 19.3 Å². The van der Waals surface area contributed by atoms with E-state index in [1.165, 1.54) is 0 Å². The topological polar surface area (TPSA) is 75.2 Å². The van der Waals surface area contributed by atoms with Gasteiger partial charge < -0.3 is 18.5 Å². The van der Waals surface area contributed by atoms with E-state index in [4.69, 9.17) is 37.1 Å². The molecule has 0 fully saturated rings. The summed E-state index contributed by atoms with van der Waals surface area (Å²) in [6.07, 6.45) is 6.78. The van der Waals surface area contributed by atoms with E-state index in [1.54, 1.807) is 37.8 Å². The summed E-state index contributed by atoms with van der Waals surface area (Å²) in [6.45, 7) is 4.79. The van der Waals surface area contributed by atoms with Gasteiger partial charge in [0.2, 0.25) is 11.8 Å². The quantitative estimate of drug-likeness (QED) is 0.180. The Labute approximate surface area is 230 Å². The highest BCUT2D eigenvalue weighted by Gasteiger charge is 2.19. The SMILES string of the molecule is C=Cc1ccc(COC(Cn2ccnc2)c2ccc(Cl)cc2Cl)cc1-c1nnc(-c2ccc(OC)cc2)o1. The molecule has 3 aromatic carbocycles. The van der Waals surface area contributed by atoms with Crippen LogP contribution in [-0.4, -0.2) is 26.9 Å². The monoisotopic (exact) mass is 546 g/mol. The first-order valence-electron chi connectivity index (χ1n) is 11.8. The number of aromatic nitrogens is 4. The Bertz CT molecular complexity index is 1530. The van der Waals surface area contributed by atoms with Crippen molar-refractivity contribution in [3.63, 3.8) is 0 Å². The molecule has 2 aromatic heterocycles. The molecule has 0 N–H and O–H groups in total. The van der Waals surface area contributed by atoms with Crippen LogP contribution in [0.4, 0.5) is 0 Å². The van der Waals surface area contributed by atoms with Gasteiger partial charge in [-0.3, -0.25) is 0 Å². The van der Waals surface area contributed by atoms with Crippen LogP contribution in [0.3, 0.4) is 0 Å². The zero-order valence-electron chi connectivity index (χ0n) is 20.6. The predicted molar refractivity (Wildman–Crippen MR) is 148 cm³/mol. The number of benzene rings is 3. The van der Waals surface area contributed by atoms with Crippen LogP contribution in [0.25, 0.3) is 29.0 Å². The molecule has 0 amide bonds. The average molecular weight is 547 g/mol. The summed E-state index contributed by atoms with van der Waals surface area (Å²) in [5, 5.41) is 9.64. The standard InChI is InChI=1S/C29H24Cl2N4O3/c1-3-20-5-4-19(14-25(20)29-34-33-28(38-29)21-6-9-23(36-2)10-7-21)17-37-27(16-35-13-12-32-18-35)24-11-8-22(30)15-26(24)31/h3-15,18,27H,1,16-17H2,2H3. The minimum atomic E-state index is -0.332.